The van der Waals surface area contributed by atoms with Crippen molar-refractivity contribution in [1.82, 2.24) is 10.0 Å². The van der Waals surface area contributed by atoms with Crippen LogP contribution in [0.2, 0.25) is 0 Å². The Morgan fingerprint density at radius 3 is 2.82 bits per heavy atom. The lowest BCUT2D eigenvalue weighted by atomic mass is 10.0. The molecule has 0 aromatic heterocycles. The molecule has 0 amide bonds. The maximum absolute atomic E-state index is 10.8. The lowest BCUT2D eigenvalue weighted by Gasteiger charge is -2.20. The second-order valence-corrected chi connectivity index (χ2v) is 7.33. The van der Waals surface area contributed by atoms with Crippen LogP contribution in [0.15, 0.2) is 4.99 Å². The van der Waals surface area contributed by atoms with Crippen molar-refractivity contribution in [2.75, 3.05) is 25.1 Å². The molecule has 1 rings (SSSR count). The van der Waals surface area contributed by atoms with E-state index in [1.165, 1.54) is 6.26 Å². The molecule has 2 N–H and O–H groups in total. The maximum Gasteiger partial charge on any atom is 0.208 e. The Hall–Kier alpha value is -0.270. The average Bonchev–Trinajstić information content (AvgIpc) is 2.59. The van der Waals surface area contributed by atoms with Gasteiger partial charge in [0.25, 0.3) is 0 Å². The monoisotopic (exact) mass is 279 g/mol. The van der Waals surface area contributed by atoms with E-state index < -0.39 is 10.0 Å². The van der Waals surface area contributed by atoms with Gasteiger partial charge in [-0.3, -0.25) is 4.99 Å². The summed E-state index contributed by atoms with van der Waals surface area (Å²) in [6.45, 7) is 5.45. The normalized spacial score (nSPS) is 27.4. The molecular formula is C10H21N3O2S2. The number of thioether (sulfide) groups is 1. The van der Waals surface area contributed by atoms with E-state index in [0.29, 0.717) is 13.1 Å². The van der Waals surface area contributed by atoms with Gasteiger partial charge in [-0.25, -0.2) is 13.1 Å². The maximum atomic E-state index is 10.8. The molecule has 1 fully saturated rings. The van der Waals surface area contributed by atoms with E-state index >= 15 is 0 Å². The van der Waals surface area contributed by atoms with Crippen molar-refractivity contribution in [2.45, 2.75) is 32.2 Å². The van der Waals surface area contributed by atoms with Gasteiger partial charge in [0.05, 0.1) is 6.26 Å². The fraction of sp³-hybridized carbons (Fsp3) is 0.900. The van der Waals surface area contributed by atoms with Gasteiger partial charge in [0, 0.05) is 24.4 Å². The molecule has 0 spiro atoms. The molecule has 1 unspecified atom stereocenters. The number of amidine groups is 1. The number of nitrogens with one attached hydrogen (secondary N) is 2. The first kappa shape index (κ1) is 14.8. The minimum atomic E-state index is -3.07. The lowest BCUT2D eigenvalue weighted by Crippen LogP contribution is -2.39. The van der Waals surface area contributed by atoms with Gasteiger partial charge in [-0.05, 0) is 19.8 Å². The van der Waals surface area contributed by atoms with Crippen molar-refractivity contribution in [2.24, 2.45) is 4.99 Å². The van der Waals surface area contributed by atoms with E-state index in [9.17, 15) is 8.42 Å². The molecule has 5 nitrogen and oxygen atoms in total. The Kier molecular flexibility index (Phi) is 5.27. The summed E-state index contributed by atoms with van der Waals surface area (Å²) in [6.07, 6.45) is 2.97. The Bertz CT molecular complexity index is 381. The molecule has 0 saturated carbocycles. The molecule has 1 aliphatic rings. The van der Waals surface area contributed by atoms with Crippen LogP contribution in [0.5, 0.6) is 0 Å². The van der Waals surface area contributed by atoms with E-state index in [1.807, 2.05) is 0 Å². The van der Waals surface area contributed by atoms with E-state index in [0.717, 1.165) is 23.8 Å². The van der Waals surface area contributed by atoms with Crippen LogP contribution in [0.4, 0.5) is 0 Å². The van der Waals surface area contributed by atoms with E-state index in [-0.39, 0.29) is 5.54 Å². The van der Waals surface area contributed by atoms with Crippen LogP contribution in [0.3, 0.4) is 0 Å². The summed E-state index contributed by atoms with van der Waals surface area (Å²) in [4.78, 5) is 4.42. The standard InChI is InChI=1S/C10H21N3O2S2/c1-4-10(2)8-16-9(13-10)11-6-5-7-12-17(3,14)15/h12H,4-8H2,1-3H3,(H,11,13). The molecule has 0 aromatic carbocycles. The van der Waals surface area contributed by atoms with Gasteiger partial charge >= 0.3 is 0 Å². The molecular weight excluding hydrogens is 258 g/mol. The van der Waals surface area contributed by atoms with Crippen molar-refractivity contribution in [1.29, 1.82) is 0 Å². The Morgan fingerprint density at radius 2 is 2.29 bits per heavy atom. The van der Waals surface area contributed by atoms with Gasteiger partial charge in [-0.15, -0.1) is 0 Å². The minimum absolute atomic E-state index is 0.161. The highest BCUT2D eigenvalue weighted by Crippen LogP contribution is 2.25. The van der Waals surface area contributed by atoms with Crippen molar-refractivity contribution in [3.8, 4) is 0 Å². The molecule has 1 aliphatic heterocycles. The smallest absolute Gasteiger partial charge is 0.208 e. The van der Waals surface area contributed by atoms with Gasteiger partial charge in [0.2, 0.25) is 10.0 Å². The Morgan fingerprint density at radius 1 is 1.59 bits per heavy atom. The third kappa shape index (κ3) is 5.74. The molecule has 7 heteroatoms. The van der Waals surface area contributed by atoms with Gasteiger partial charge in [0.15, 0.2) is 5.17 Å². The molecule has 0 bridgehead atoms. The Balaban J connectivity index is 2.23. The minimum Gasteiger partial charge on any atom is -0.359 e. The molecule has 1 heterocycles. The first-order chi connectivity index (χ1) is 7.85. The number of rotatable bonds is 6. The summed E-state index contributed by atoms with van der Waals surface area (Å²) in [5.41, 5.74) is 0.161. The number of hydrogen-bond donors (Lipinski definition) is 2. The summed E-state index contributed by atoms with van der Waals surface area (Å²) in [6, 6.07) is 0. The molecule has 17 heavy (non-hydrogen) atoms. The third-order valence-corrected chi connectivity index (χ3v) is 4.69. The Labute approximate surface area is 108 Å². The van der Waals surface area contributed by atoms with Crippen LogP contribution >= 0.6 is 11.8 Å². The summed E-state index contributed by atoms with van der Waals surface area (Å²) in [7, 11) is -3.07. The number of aliphatic imine (C=N–C) groups is 1. The van der Waals surface area contributed by atoms with Crippen molar-refractivity contribution in [3.63, 3.8) is 0 Å². The first-order valence-corrected chi connectivity index (χ1v) is 8.62. The van der Waals surface area contributed by atoms with Gasteiger partial charge < -0.3 is 5.32 Å². The summed E-state index contributed by atoms with van der Waals surface area (Å²) in [5, 5.41) is 4.38. The molecule has 0 aromatic rings. The summed E-state index contributed by atoms with van der Waals surface area (Å²) >= 11 is 1.74. The van der Waals surface area contributed by atoms with E-state index in [1.54, 1.807) is 11.8 Å². The fourth-order valence-electron chi connectivity index (χ4n) is 1.35. The molecule has 100 valence electrons. The summed E-state index contributed by atoms with van der Waals surface area (Å²) < 4.78 is 24.1. The molecule has 1 saturated heterocycles. The SMILES string of the molecule is CCC1(C)CSC(=NCCCNS(C)(=O)=O)N1. The van der Waals surface area contributed by atoms with Crippen LogP contribution in [0, 0.1) is 0 Å². The highest BCUT2D eigenvalue weighted by atomic mass is 32.2. The largest absolute Gasteiger partial charge is 0.359 e. The van der Waals surface area contributed by atoms with Crippen LogP contribution < -0.4 is 10.0 Å². The highest BCUT2D eigenvalue weighted by Gasteiger charge is 2.30. The second kappa shape index (κ2) is 6.06. The van der Waals surface area contributed by atoms with E-state index in [2.05, 4.69) is 28.9 Å². The van der Waals surface area contributed by atoms with Crippen molar-refractivity contribution < 1.29 is 8.42 Å². The zero-order valence-electron chi connectivity index (χ0n) is 10.6. The van der Waals surface area contributed by atoms with Crippen molar-refractivity contribution in [3.05, 3.63) is 0 Å². The van der Waals surface area contributed by atoms with Gasteiger partial charge in [-0.1, -0.05) is 18.7 Å². The number of nitrogens with zero attached hydrogens (tertiary/aromatic N) is 1. The van der Waals surface area contributed by atoms with Crippen LogP contribution in [-0.2, 0) is 10.0 Å². The predicted molar refractivity (Wildman–Crippen MR) is 74.1 cm³/mol. The average molecular weight is 279 g/mol. The summed E-state index contributed by atoms with van der Waals surface area (Å²) in [5.74, 6) is 1.05. The number of sulfonamides is 1. The third-order valence-electron chi connectivity index (χ3n) is 2.67. The van der Waals surface area contributed by atoms with Gasteiger partial charge in [0.1, 0.15) is 0 Å². The van der Waals surface area contributed by atoms with Crippen LogP contribution in [0.1, 0.15) is 26.7 Å². The molecule has 0 aliphatic carbocycles. The van der Waals surface area contributed by atoms with Crippen LogP contribution in [0.25, 0.3) is 0 Å². The zero-order chi connectivity index (χ0) is 12.9. The number of hydrogen-bond acceptors (Lipinski definition) is 4. The lowest BCUT2D eigenvalue weighted by molar-refractivity contribution is 0.466. The highest BCUT2D eigenvalue weighted by molar-refractivity contribution is 8.14. The first-order valence-electron chi connectivity index (χ1n) is 5.75. The van der Waals surface area contributed by atoms with Crippen molar-refractivity contribution >= 4 is 27.0 Å². The second-order valence-electron chi connectivity index (χ2n) is 4.53. The predicted octanol–water partition coefficient (Wildman–Crippen LogP) is 0.787. The molecule has 0 radical (unpaired) electrons. The topological polar surface area (TPSA) is 70.6 Å². The fourth-order valence-corrected chi connectivity index (χ4v) is 3.10. The van der Waals surface area contributed by atoms with E-state index in [4.69, 9.17) is 0 Å². The van der Waals surface area contributed by atoms with Gasteiger partial charge in [-0.2, -0.15) is 0 Å². The zero-order valence-corrected chi connectivity index (χ0v) is 12.2. The van der Waals surface area contributed by atoms with Crippen LogP contribution in [-0.4, -0.2) is 44.2 Å². The molecule has 1 atom stereocenters. The quantitative estimate of drug-likeness (QED) is 0.705.